The largest absolute Gasteiger partial charge is 0.481 e. The fourth-order valence-corrected chi connectivity index (χ4v) is 3.49. The molecule has 0 saturated heterocycles. The van der Waals surface area contributed by atoms with Crippen LogP contribution in [-0.2, 0) is 14.3 Å². The van der Waals surface area contributed by atoms with Crippen molar-refractivity contribution in [3.63, 3.8) is 0 Å². The molecule has 0 saturated carbocycles. The summed E-state index contributed by atoms with van der Waals surface area (Å²) in [6.45, 7) is 4.56. The van der Waals surface area contributed by atoms with Gasteiger partial charge < -0.3 is 9.47 Å². The molecule has 1 heterocycles. The molecule has 0 amide bonds. The zero-order chi connectivity index (χ0) is 19.3. The molecule has 6 nitrogen and oxygen atoms in total. The molecule has 0 radical (unpaired) electrons. The predicted octanol–water partition coefficient (Wildman–Crippen LogP) is 3.52. The van der Waals surface area contributed by atoms with Crippen molar-refractivity contribution in [1.82, 2.24) is 4.98 Å². The summed E-state index contributed by atoms with van der Waals surface area (Å²) < 4.78 is 10.4. The molecule has 0 N–H and O–H groups in total. The molecule has 1 aromatic heterocycles. The minimum Gasteiger partial charge on any atom is -0.481 e. The molecule has 2 rings (SSSR count). The Balaban J connectivity index is 1.89. The van der Waals surface area contributed by atoms with Crippen LogP contribution >= 0.6 is 22.9 Å². The molecule has 136 valence electrons. The molecule has 0 fully saturated rings. The number of ether oxygens (including phenoxy) is 2. The molecule has 0 unspecified atom stereocenters. The number of thiazole rings is 1. The van der Waals surface area contributed by atoms with E-state index in [1.165, 1.54) is 11.3 Å². The number of carbonyl (C=O) groups is 2. The molecule has 8 heteroatoms. The second-order valence-corrected chi connectivity index (χ2v) is 7.00. The van der Waals surface area contributed by atoms with Crippen LogP contribution in [0, 0.1) is 32.1 Å². The summed E-state index contributed by atoms with van der Waals surface area (Å²) in [5, 5.41) is 11.9. The van der Waals surface area contributed by atoms with Gasteiger partial charge in [-0.05, 0) is 44.0 Å². The Morgan fingerprint density at radius 1 is 1.27 bits per heavy atom. The van der Waals surface area contributed by atoms with Gasteiger partial charge in [-0.15, -0.1) is 11.3 Å². The molecule has 26 heavy (non-hydrogen) atoms. The van der Waals surface area contributed by atoms with E-state index >= 15 is 0 Å². The first-order valence-electron chi connectivity index (χ1n) is 7.71. The van der Waals surface area contributed by atoms with E-state index in [1.807, 2.05) is 19.9 Å². The second-order valence-electron chi connectivity index (χ2n) is 5.67. The number of hydrogen-bond acceptors (Lipinski definition) is 7. The lowest BCUT2D eigenvalue weighted by molar-refractivity contribution is -0.150. The van der Waals surface area contributed by atoms with E-state index in [0.717, 1.165) is 16.8 Å². The lowest BCUT2D eigenvalue weighted by Gasteiger charge is -2.12. The van der Waals surface area contributed by atoms with Gasteiger partial charge in [0.2, 0.25) is 0 Å². The maximum absolute atomic E-state index is 12.1. The number of rotatable bonds is 7. The normalized spacial score (nSPS) is 11.5. The Kier molecular flexibility index (Phi) is 6.72. The fraction of sp³-hybridized carbons (Fsp3) is 0.333. The maximum atomic E-state index is 12.1. The number of nitrogens with zero attached hydrogens (tertiary/aromatic N) is 2. The van der Waals surface area contributed by atoms with Gasteiger partial charge in [-0.2, -0.15) is 5.26 Å². The molecule has 1 aromatic carbocycles. The van der Waals surface area contributed by atoms with E-state index in [9.17, 15) is 14.9 Å². The van der Waals surface area contributed by atoms with Crippen LogP contribution in [0.5, 0.6) is 5.75 Å². The maximum Gasteiger partial charge on any atom is 0.344 e. The Labute approximate surface area is 160 Å². The molecule has 0 spiro atoms. The van der Waals surface area contributed by atoms with Crippen LogP contribution in [0.2, 0.25) is 5.02 Å². The zero-order valence-corrected chi connectivity index (χ0v) is 16.1. The molecule has 2 aromatic rings. The minimum atomic E-state index is -1.04. The molecule has 1 atom stereocenters. The van der Waals surface area contributed by atoms with E-state index in [4.69, 9.17) is 21.1 Å². The van der Waals surface area contributed by atoms with Crippen molar-refractivity contribution in [3.05, 3.63) is 44.4 Å². The second kappa shape index (κ2) is 8.79. The third-order valence-electron chi connectivity index (χ3n) is 3.47. The highest BCUT2D eigenvalue weighted by Gasteiger charge is 2.24. The predicted molar refractivity (Wildman–Crippen MR) is 97.6 cm³/mol. The summed E-state index contributed by atoms with van der Waals surface area (Å²) >= 11 is 7.18. The average Bonchev–Trinajstić information content (AvgIpc) is 2.98. The van der Waals surface area contributed by atoms with Crippen LogP contribution in [0.1, 0.15) is 27.7 Å². The van der Waals surface area contributed by atoms with Crippen molar-refractivity contribution in [3.8, 4) is 11.8 Å². The van der Waals surface area contributed by atoms with Gasteiger partial charge in [0.15, 0.2) is 24.9 Å². The van der Waals surface area contributed by atoms with Gasteiger partial charge in [-0.1, -0.05) is 11.6 Å². The molecule has 0 aliphatic heterocycles. The lowest BCUT2D eigenvalue weighted by Crippen LogP contribution is -2.23. The highest BCUT2D eigenvalue weighted by atomic mass is 35.5. The van der Waals surface area contributed by atoms with Crippen LogP contribution < -0.4 is 4.74 Å². The van der Waals surface area contributed by atoms with Crippen molar-refractivity contribution in [1.29, 1.82) is 5.26 Å². The highest BCUT2D eigenvalue weighted by molar-refractivity contribution is 7.09. The van der Waals surface area contributed by atoms with Crippen molar-refractivity contribution >= 4 is 34.7 Å². The number of halogens is 1. The molecule has 0 aliphatic rings. The minimum absolute atomic E-state index is 0.343. The Bertz CT molecular complexity index is 849. The van der Waals surface area contributed by atoms with Crippen LogP contribution in [-0.4, -0.2) is 30.0 Å². The topological polar surface area (TPSA) is 89.3 Å². The highest BCUT2D eigenvalue weighted by Crippen LogP contribution is 2.27. The van der Waals surface area contributed by atoms with Gasteiger partial charge in [-0.3, -0.25) is 4.79 Å². The monoisotopic (exact) mass is 392 g/mol. The SMILES string of the molecule is Cc1csc([C@H](C#N)C(=O)COC(=O)COc2c(C)cc(Cl)cc2C)n1. The lowest BCUT2D eigenvalue weighted by atomic mass is 10.1. The Morgan fingerprint density at radius 3 is 2.46 bits per heavy atom. The first-order valence-corrected chi connectivity index (χ1v) is 8.97. The van der Waals surface area contributed by atoms with E-state index in [1.54, 1.807) is 24.4 Å². The van der Waals surface area contributed by atoms with E-state index < -0.39 is 24.3 Å². The van der Waals surface area contributed by atoms with Crippen LogP contribution in [0.25, 0.3) is 0 Å². The molecule has 0 bridgehead atoms. The Hall–Kier alpha value is -2.43. The summed E-state index contributed by atoms with van der Waals surface area (Å²) in [5.74, 6) is -1.71. The van der Waals surface area contributed by atoms with Crippen LogP contribution in [0.4, 0.5) is 0 Å². The molecular formula is C18H17ClN2O4S. The first kappa shape index (κ1) is 19.9. The standard InChI is InChI=1S/C18H17ClN2O4S/c1-10-4-13(19)5-11(2)17(10)25-8-16(23)24-7-15(22)14(6-20)18-21-12(3)9-26-18/h4-5,9,14H,7-8H2,1-3H3/t14-/m1/s1. The average molecular weight is 393 g/mol. The Morgan fingerprint density at radius 2 is 1.92 bits per heavy atom. The van der Waals surface area contributed by atoms with Crippen molar-refractivity contribution in [2.45, 2.75) is 26.7 Å². The number of nitriles is 1. The number of esters is 1. The summed E-state index contributed by atoms with van der Waals surface area (Å²) in [6, 6.07) is 5.35. The van der Waals surface area contributed by atoms with Gasteiger partial charge in [0.1, 0.15) is 10.8 Å². The number of hydrogen-bond donors (Lipinski definition) is 0. The number of ketones is 1. The number of carbonyl (C=O) groups excluding carboxylic acids is 2. The van der Waals surface area contributed by atoms with E-state index in [0.29, 0.717) is 15.8 Å². The summed E-state index contributed by atoms with van der Waals surface area (Å²) in [7, 11) is 0. The number of aryl methyl sites for hydroxylation is 3. The summed E-state index contributed by atoms with van der Waals surface area (Å²) in [6.07, 6.45) is 0. The number of benzene rings is 1. The summed E-state index contributed by atoms with van der Waals surface area (Å²) in [5.41, 5.74) is 2.32. The van der Waals surface area contributed by atoms with Gasteiger partial charge in [-0.25, -0.2) is 9.78 Å². The number of aromatic nitrogens is 1. The van der Waals surface area contributed by atoms with Crippen LogP contribution in [0.3, 0.4) is 0 Å². The smallest absolute Gasteiger partial charge is 0.344 e. The first-order chi connectivity index (χ1) is 12.3. The number of Topliss-reactive ketones (excluding diaryl/α,β-unsaturated/α-hetero) is 1. The van der Waals surface area contributed by atoms with Crippen molar-refractivity contribution in [2.24, 2.45) is 0 Å². The molecular weight excluding hydrogens is 376 g/mol. The fourth-order valence-electron chi connectivity index (χ4n) is 2.30. The third kappa shape index (κ3) is 5.04. The quantitative estimate of drug-likeness (QED) is 0.669. The third-order valence-corrected chi connectivity index (χ3v) is 4.72. The van der Waals surface area contributed by atoms with Gasteiger partial charge >= 0.3 is 5.97 Å². The zero-order valence-electron chi connectivity index (χ0n) is 14.5. The van der Waals surface area contributed by atoms with Gasteiger partial charge in [0.05, 0.1) is 6.07 Å². The van der Waals surface area contributed by atoms with Gasteiger partial charge in [0.25, 0.3) is 0 Å². The molecule has 0 aliphatic carbocycles. The van der Waals surface area contributed by atoms with E-state index in [2.05, 4.69) is 4.98 Å². The summed E-state index contributed by atoms with van der Waals surface area (Å²) in [4.78, 5) is 28.1. The van der Waals surface area contributed by atoms with Crippen molar-refractivity contribution < 1.29 is 19.1 Å². The van der Waals surface area contributed by atoms with Gasteiger partial charge in [0, 0.05) is 16.1 Å². The van der Waals surface area contributed by atoms with E-state index in [-0.39, 0.29) is 6.61 Å². The van der Waals surface area contributed by atoms with Crippen LogP contribution in [0.15, 0.2) is 17.5 Å². The van der Waals surface area contributed by atoms with Crippen molar-refractivity contribution in [2.75, 3.05) is 13.2 Å².